The molecule has 0 aromatic heterocycles. The Labute approximate surface area is 127 Å². The van der Waals surface area contributed by atoms with E-state index in [1.54, 1.807) is 0 Å². The normalized spacial score (nSPS) is 18.0. The van der Waals surface area contributed by atoms with Crippen molar-refractivity contribution in [3.05, 3.63) is 28.8 Å². The van der Waals surface area contributed by atoms with Crippen LogP contribution in [0, 0.1) is 0 Å². The standard InChI is InChI=1S/C15H19ClF2O3/c1-2-20-14(19)15(17,18)10-7-8-12(16)13(9-10)21-11-5-3-4-6-11/h7-9,11,14,19H,2-6H2,1H3. The lowest BCUT2D eigenvalue weighted by molar-refractivity contribution is -0.238. The predicted molar refractivity (Wildman–Crippen MR) is 75.9 cm³/mol. The number of hydrogen-bond donors (Lipinski definition) is 1. The molecule has 1 saturated carbocycles. The second-order valence-corrected chi connectivity index (χ2v) is 5.51. The molecular formula is C15H19ClF2O3. The summed E-state index contributed by atoms with van der Waals surface area (Å²) in [7, 11) is 0. The first kappa shape index (κ1) is 16.5. The first-order valence-electron chi connectivity index (χ1n) is 7.09. The fourth-order valence-electron chi connectivity index (χ4n) is 2.39. The summed E-state index contributed by atoms with van der Waals surface area (Å²) in [6.07, 6.45) is 1.77. The average molecular weight is 321 g/mol. The number of hydrogen-bond acceptors (Lipinski definition) is 3. The summed E-state index contributed by atoms with van der Waals surface area (Å²) in [5.74, 6) is -3.29. The smallest absolute Gasteiger partial charge is 0.322 e. The monoisotopic (exact) mass is 320 g/mol. The molecule has 0 aliphatic heterocycles. The molecule has 0 saturated heterocycles. The number of benzene rings is 1. The van der Waals surface area contributed by atoms with E-state index in [2.05, 4.69) is 4.74 Å². The van der Waals surface area contributed by atoms with Crippen LogP contribution in [-0.2, 0) is 10.7 Å². The Morgan fingerprint density at radius 1 is 1.38 bits per heavy atom. The van der Waals surface area contributed by atoms with Gasteiger partial charge in [0.15, 0.2) is 0 Å². The van der Waals surface area contributed by atoms with E-state index < -0.39 is 12.2 Å². The van der Waals surface area contributed by atoms with Gasteiger partial charge in [0.05, 0.1) is 11.1 Å². The Kier molecular flexibility index (Phi) is 5.41. The maximum Gasteiger partial charge on any atom is 0.322 e. The maximum atomic E-state index is 14.1. The van der Waals surface area contributed by atoms with Crippen LogP contribution in [0.15, 0.2) is 18.2 Å². The van der Waals surface area contributed by atoms with Crippen LogP contribution in [0.2, 0.25) is 5.02 Å². The van der Waals surface area contributed by atoms with E-state index in [0.29, 0.717) is 0 Å². The predicted octanol–water partition coefficient (Wildman–Crippen LogP) is 4.11. The minimum absolute atomic E-state index is 0.00419. The van der Waals surface area contributed by atoms with Gasteiger partial charge in [0.25, 0.3) is 0 Å². The second-order valence-electron chi connectivity index (χ2n) is 5.10. The Bertz CT molecular complexity index is 476. The Morgan fingerprint density at radius 2 is 2.05 bits per heavy atom. The van der Waals surface area contributed by atoms with Crippen LogP contribution in [-0.4, -0.2) is 24.1 Å². The van der Waals surface area contributed by atoms with Gasteiger partial charge in [-0.2, -0.15) is 8.78 Å². The molecule has 118 valence electrons. The minimum Gasteiger partial charge on any atom is -0.489 e. The average Bonchev–Trinajstić information content (AvgIpc) is 2.94. The van der Waals surface area contributed by atoms with E-state index in [1.165, 1.54) is 25.1 Å². The third-order valence-corrected chi connectivity index (χ3v) is 3.86. The van der Waals surface area contributed by atoms with E-state index in [1.807, 2.05) is 0 Å². The first-order valence-corrected chi connectivity index (χ1v) is 7.47. The second kappa shape index (κ2) is 6.90. The fourth-order valence-corrected chi connectivity index (χ4v) is 2.55. The van der Waals surface area contributed by atoms with Crippen LogP contribution in [0.1, 0.15) is 38.2 Å². The summed E-state index contributed by atoms with van der Waals surface area (Å²) in [6.45, 7) is 1.53. The molecule has 1 aromatic carbocycles. The molecule has 0 heterocycles. The van der Waals surface area contributed by atoms with Crippen molar-refractivity contribution in [1.29, 1.82) is 0 Å². The Hall–Kier alpha value is -0.910. The van der Waals surface area contributed by atoms with Gasteiger partial charge in [-0.3, -0.25) is 0 Å². The highest BCUT2D eigenvalue weighted by Crippen LogP contribution is 2.38. The number of alkyl halides is 2. The van der Waals surface area contributed by atoms with Crippen molar-refractivity contribution in [1.82, 2.24) is 0 Å². The zero-order valence-corrected chi connectivity index (χ0v) is 12.6. The third kappa shape index (κ3) is 3.84. The lowest BCUT2D eigenvalue weighted by atomic mass is 10.1. The van der Waals surface area contributed by atoms with Gasteiger partial charge in [0.1, 0.15) is 5.75 Å². The minimum atomic E-state index is -3.52. The largest absolute Gasteiger partial charge is 0.489 e. The van der Waals surface area contributed by atoms with Crippen LogP contribution in [0.4, 0.5) is 8.78 Å². The van der Waals surface area contributed by atoms with E-state index in [4.69, 9.17) is 16.3 Å². The molecule has 1 aliphatic carbocycles. The first-order chi connectivity index (χ1) is 9.95. The van der Waals surface area contributed by atoms with Gasteiger partial charge in [0, 0.05) is 12.2 Å². The number of aliphatic hydroxyl groups excluding tert-OH is 1. The summed E-state index contributed by atoms with van der Waals surface area (Å²) < 4.78 is 38.5. The highest BCUT2D eigenvalue weighted by atomic mass is 35.5. The van der Waals surface area contributed by atoms with Crippen LogP contribution in [0.3, 0.4) is 0 Å². The molecule has 1 N–H and O–H groups in total. The van der Waals surface area contributed by atoms with E-state index in [-0.39, 0.29) is 29.0 Å². The van der Waals surface area contributed by atoms with Gasteiger partial charge in [-0.25, -0.2) is 0 Å². The summed E-state index contributed by atoms with van der Waals surface area (Å²) in [6, 6.07) is 3.71. The zero-order valence-electron chi connectivity index (χ0n) is 11.8. The van der Waals surface area contributed by atoms with E-state index in [9.17, 15) is 13.9 Å². The summed E-state index contributed by atoms with van der Waals surface area (Å²) in [4.78, 5) is 0. The molecule has 1 aromatic rings. The van der Waals surface area contributed by atoms with Gasteiger partial charge in [-0.15, -0.1) is 0 Å². The molecule has 0 bridgehead atoms. The summed E-state index contributed by atoms with van der Waals surface area (Å²) in [5.41, 5.74) is -0.374. The number of rotatable bonds is 6. The molecule has 2 rings (SSSR count). The molecule has 0 amide bonds. The van der Waals surface area contributed by atoms with Crippen molar-refractivity contribution >= 4 is 11.6 Å². The molecule has 3 nitrogen and oxygen atoms in total. The molecule has 1 fully saturated rings. The Morgan fingerprint density at radius 3 is 2.67 bits per heavy atom. The number of aliphatic hydroxyl groups is 1. The topological polar surface area (TPSA) is 38.7 Å². The van der Waals surface area contributed by atoms with Gasteiger partial charge in [-0.05, 0) is 44.7 Å². The fraction of sp³-hybridized carbons (Fsp3) is 0.600. The summed E-state index contributed by atoms with van der Waals surface area (Å²) >= 11 is 6.00. The SMILES string of the molecule is CCOC(O)C(F)(F)c1ccc(Cl)c(OC2CCCC2)c1. The molecule has 1 aliphatic rings. The Balaban J connectivity index is 2.20. The van der Waals surface area contributed by atoms with Crippen LogP contribution in [0.5, 0.6) is 5.75 Å². The van der Waals surface area contributed by atoms with Gasteiger partial charge >= 0.3 is 5.92 Å². The zero-order chi connectivity index (χ0) is 15.5. The van der Waals surface area contributed by atoms with Crippen LogP contribution < -0.4 is 4.74 Å². The maximum absolute atomic E-state index is 14.1. The van der Waals surface area contributed by atoms with Crippen LogP contribution in [0.25, 0.3) is 0 Å². The van der Waals surface area contributed by atoms with Gasteiger partial charge in [0.2, 0.25) is 6.29 Å². The number of ether oxygens (including phenoxy) is 2. The van der Waals surface area contributed by atoms with Gasteiger partial charge < -0.3 is 14.6 Å². The molecule has 1 unspecified atom stereocenters. The molecule has 0 radical (unpaired) electrons. The van der Waals surface area contributed by atoms with Gasteiger partial charge in [-0.1, -0.05) is 17.7 Å². The molecule has 6 heteroatoms. The van der Waals surface area contributed by atoms with E-state index >= 15 is 0 Å². The molecule has 21 heavy (non-hydrogen) atoms. The van der Waals surface area contributed by atoms with Crippen molar-refractivity contribution in [3.63, 3.8) is 0 Å². The number of halogens is 3. The lowest BCUT2D eigenvalue weighted by Crippen LogP contribution is -2.33. The van der Waals surface area contributed by atoms with Crippen molar-refractivity contribution in [3.8, 4) is 5.75 Å². The van der Waals surface area contributed by atoms with Crippen LogP contribution >= 0.6 is 11.6 Å². The molecule has 1 atom stereocenters. The highest BCUT2D eigenvalue weighted by Gasteiger charge is 2.42. The molecule has 0 spiro atoms. The third-order valence-electron chi connectivity index (χ3n) is 3.55. The van der Waals surface area contributed by atoms with Crippen molar-refractivity contribution < 1.29 is 23.4 Å². The quantitative estimate of drug-likeness (QED) is 0.802. The van der Waals surface area contributed by atoms with Crippen molar-refractivity contribution in [2.24, 2.45) is 0 Å². The highest BCUT2D eigenvalue weighted by molar-refractivity contribution is 6.32. The summed E-state index contributed by atoms with van der Waals surface area (Å²) in [5, 5.41) is 9.71. The lowest BCUT2D eigenvalue weighted by Gasteiger charge is -2.23. The van der Waals surface area contributed by atoms with Crippen molar-refractivity contribution in [2.75, 3.05) is 6.61 Å². The van der Waals surface area contributed by atoms with Crippen molar-refractivity contribution in [2.45, 2.75) is 50.9 Å². The van der Waals surface area contributed by atoms with E-state index in [0.717, 1.165) is 25.7 Å². The molecular weight excluding hydrogens is 302 g/mol.